The molecule has 2 rings (SSSR count). The summed E-state index contributed by atoms with van der Waals surface area (Å²) in [5.41, 5.74) is 0.400. The highest BCUT2D eigenvalue weighted by molar-refractivity contribution is 5.63. The van der Waals surface area contributed by atoms with E-state index < -0.39 is 0 Å². The topological polar surface area (TPSA) is 38.0 Å². The van der Waals surface area contributed by atoms with E-state index in [2.05, 4.69) is 4.98 Å². The van der Waals surface area contributed by atoms with Gasteiger partial charge in [0.05, 0.1) is 5.56 Å². The largest absolute Gasteiger partial charge is 0.507 e. The Morgan fingerprint density at radius 1 is 1.43 bits per heavy atom. The second-order valence-electron chi connectivity index (χ2n) is 3.02. The van der Waals surface area contributed by atoms with Gasteiger partial charge in [0.25, 0.3) is 0 Å². The van der Waals surface area contributed by atoms with Crippen molar-refractivity contribution in [1.29, 1.82) is 0 Å². The van der Waals surface area contributed by atoms with Gasteiger partial charge in [0.1, 0.15) is 17.4 Å². The van der Waals surface area contributed by atoms with Crippen LogP contribution in [0, 0.1) is 5.82 Å². The Labute approximate surface area is 80.5 Å². The lowest BCUT2D eigenvalue weighted by Gasteiger charge is -2.04. The normalized spacial score (nSPS) is 10.4. The van der Waals surface area contributed by atoms with Crippen molar-refractivity contribution in [3.63, 3.8) is 0 Å². The van der Waals surface area contributed by atoms with Crippen LogP contribution in [0.25, 0.3) is 11.4 Å². The van der Waals surface area contributed by atoms with Crippen LogP contribution in [0.4, 0.5) is 4.39 Å². The molecule has 3 nitrogen and oxygen atoms in total. The number of hydrogen-bond donors (Lipinski definition) is 1. The molecule has 1 N–H and O–H groups in total. The predicted octanol–water partition coefficient (Wildman–Crippen LogP) is 1.93. The zero-order valence-electron chi connectivity index (χ0n) is 7.61. The van der Waals surface area contributed by atoms with Crippen molar-refractivity contribution in [2.24, 2.45) is 7.05 Å². The maximum absolute atomic E-state index is 12.9. The number of benzene rings is 1. The third-order valence-electron chi connectivity index (χ3n) is 2.02. The number of aromatic nitrogens is 2. The van der Waals surface area contributed by atoms with E-state index in [1.54, 1.807) is 24.0 Å². The summed E-state index contributed by atoms with van der Waals surface area (Å²) >= 11 is 0. The Hall–Kier alpha value is -1.84. The van der Waals surface area contributed by atoms with Gasteiger partial charge in [-0.1, -0.05) is 0 Å². The molecule has 0 amide bonds. The monoisotopic (exact) mass is 192 g/mol. The highest BCUT2D eigenvalue weighted by atomic mass is 19.1. The second-order valence-corrected chi connectivity index (χ2v) is 3.02. The van der Waals surface area contributed by atoms with Gasteiger partial charge < -0.3 is 9.67 Å². The van der Waals surface area contributed by atoms with Gasteiger partial charge >= 0.3 is 0 Å². The molecular formula is C10H9FN2O. The molecule has 0 saturated carbocycles. The first-order chi connectivity index (χ1) is 6.68. The molecule has 0 aliphatic rings. The summed E-state index contributed by atoms with van der Waals surface area (Å²) in [6, 6.07) is 3.79. The Balaban J connectivity index is 2.62. The maximum atomic E-state index is 12.9. The van der Waals surface area contributed by atoms with Crippen LogP contribution in [-0.4, -0.2) is 14.7 Å². The molecular weight excluding hydrogens is 183 g/mol. The number of aryl methyl sites for hydroxylation is 1. The van der Waals surface area contributed by atoms with Crippen LogP contribution < -0.4 is 0 Å². The van der Waals surface area contributed by atoms with E-state index in [0.29, 0.717) is 11.4 Å². The summed E-state index contributed by atoms with van der Waals surface area (Å²) in [4.78, 5) is 4.02. The minimum absolute atomic E-state index is 0.0284. The van der Waals surface area contributed by atoms with E-state index in [0.717, 1.165) is 0 Å². The third kappa shape index (κ3) is 1.35. The van der Waals surface area contributed by atoms with E-state index in [1.165, 1.54) is 18.2 Å². The van der Waals surface area contributed by atoms with Gasteiger partial charge in [-0.15, -0.1) is 0 Å². The molecule has 0 radical (unpaired) electrons. The fraction of sp³-hybridized carbons (Fsp3) is 0.100. The molecule has 0 aliphatic carbocycles. The molecule has 4 heteroatoms. The zero-order chi connectivity index (χ0) is 10.1. The van der Waals surface area contributed by atoms with E-state index in [-0.39, 0.29) is 11.6 Å². The smallest absolute Gasteiger partial charge is 0.143 e. The summed E-state index contributed by atoms with van der Waals surface area (Å²) in [6.07, 6.45) is 3.33. The molecule has 72 valence electrons. The van der Waals surface area contributed by atoms with Crippen molar-refractivity contribution in [3.8, 4) is 17.1 Å². The molecule has 1 heterocycles. The second kappa shape index (κ2) is 3.14. The summed E-state index contributed by atoms with van der Waals surface area (Å²) in [5, 5.41) is 9.51. The molecule has 0 atom stereocenters. The van der Waals surface area contributed by atoms with Gasteiger partial charge in [-0.3, -0.25) is 0 Å². The standard InChI is InChI=1S/C10H9FN2O/c1-13-5-4-12-10(13)8-6-7(11)2-3-9(8)14/h2-6,14H,1H3. The van der Waals surface area contributed by atoms with Crippen LogP contribution >= 0.6 is 0 Å². The van der Waals surface area contributed by atoms with Gasteiger partial charge in [-0.2, -0.15) is 0 Å². The minimum atomic E-state index is -0.388. The third-order valence-corrected chi connectivity index (χ3v) is 2.02. The molecule has 0 aliphatic heterocycles. The van der Waals surface area contributed by atoms with E-state index in [1.807, 2.05) is 0 Å². The Bertz CT molecular complexity index is 465. The van der Waals surface area contributed by atoms with Gasteiger partial charge in [0.15, 0.2) is 0 Å². The van der Waals surface area contributed by atoms with Crippen LogP contribution in [0.1, 0.15) is 0 Å². The summed E-state index contributed by atoms with van der Waals surface area (Å²) in [7, 11) is 1.78. The Morgan fingerprint density at radius 2 is 2.21 bits per heavy atom. The van der Waals surface area contributed by atoms with E-state index >= 15 is 0 Å². The lowest BCUT2D eigenvalue weighted by Crippen LogP contribution is -1.92. The number of nitrogens with zero attached hydrogens (tertiary/aromatic N) is 2. The number of rotatable bonds is 1. The zero-order valence-corrected chi connectivity index (χ0v) is 7.61. The number of phenolic OH excluding ortho intramolecular Hbond substituents is 1. The molecule has 1 aromatic carbocycles. The Morgan fingerprint density at radius 3 is 2.86 bits per heavy atom. The fourth-order valence-corrected chi connectivity index (χ4v) is 1.31. The summed E-state index contributed by atoms with van der Waals surface area (Å²) in [6.45, 7) is 0. The van der Waals surface area contributed by atoms with Crippen LogP contribution in [0.5, 0.6) is 5.75 Å². The summed E-state index contributed by atoms with van der Waals surface area (Å²) < 4.78 is 14.6. The molecule has 2 aromatic rings. The van der Waals surface area contributed by atoms with Crippen LogP contribution in [-0.2, 0) is 7.05 Å². The number of halogens is 1. The SMILES string of the molecule is Cn1ccnc1-c1cc(F)ccc1O. The van der Waals surface area contributed by atoms with Crippen LogP contribution in [0.15, 0.2) is 30.6 Å². The molecule has 0 bridgehead atoms. The van der Waals surface area contributed by atoms with E-state index in [9.17, 15) is 9.50 Å². The molecule has 1 aromatic heterocycles. The van der Waals surface area contributed by atoms with Crippen molar-refractivity contribution in [2.45, 2.75) is 0 Å². The lowest BCUT2D eigenvalue weighted by atomic mass is 10.2. The first-order valence-corrected chi connectivity index (χ1v) is 4.14. The van der Waals surface area contributed by atoms with Crippen LogP contribution in [0.3, 0.4) is 0 Å². The number of phenols is 1. The van der Waals surface area contributed by atoms with Gasteiger partial charge in [0.2, 0.25) is 0 Å². The number of aromatic hydroxyl groups is 1. The minimum Gasteiger partial charge on any atom is -0.507 e. The quantitative estimate of drug-likeness (QED) is 0.749. The van der Waals surface area contributed by atoms with Crippen molar-refractivity contribution in [3.05, 3.63) is 36.4 Å². The first-order valence-electron chi connectivity index (χ1n) is 4.14. The van der Waals surface area contributed by atoms with Crippen LogP contribution in [0.2, 0.25) is 0 Å². The number of imidazole rings is 1. The van der Waals surface area contributed by atoms with Crippen molar-refractivity contribution in [2.75, 3.05) is 0 Å². The Kier molecular flexibility index (Phi) is 1.96. The average Bonchev–Trinajstić information content (AvgIpc) is 2.56. The van der Waals surface area contributed by atoms with Gasteiger partial charge in [0, 0.05) is 19.4 Å². The van der Waals surface area contributed by atoms with Gasteiger partial charge in [-0.25, -0.2) is 9.37 Å². The maximum Gasteiger partial charge on any atom is 0.143 e. The molecule has 0 unspecified atom stereocenters. The molecule has 0 spiro atoms. The molecule has 0 saturated heterocycles. The highest BCUT2D eigenvalue weighted by Crippen LogP contribution is 2.27. The van der Waals surface area contributed by atoms with Gasteiger partial charge in [-0.05, 0) is 18.2 Å². The fourth-order valence-electron chi connectivity index (χ4n) is 1.31. The first kappa shape index (κ1) is 8.74. The average molecular weight is 192 g/mol. The molecule has 0 fully saturated rings. The highest BCUT2D eigenvalue weighted by Gasteiger charge is 2.09. The van der Waals surface area contributed by atoms with Crippen molar-refractivity contribution >= 4 is 0 Å². The van der Waals surface area contributed by atoms with Crippen molar-refractivity contribution < 1.29 is 9.50 Å². The summed E-state index contributed by atoms with van der Waals surface area (Å²) in [5.74, 6) is 0.184. The van der Waals surface area contributed by atoms with E-state index in [4.69, 9.17) is 0 Å². The molecule has 14 heavy (non-hydrogen) atoms. The number of hydrogen-bond acceptors (Lipinski definition) is 2. The lowest BCUT2D eigenvalue weighted by molar-refractivity contribution is 0.474. The van der Waals surface area contributed by atoms with Crippen molar-refractivity contribution in [1.82, 2.24) is 9.55 Å². The predicted molar refractivity (Wildman–Crippen MR) is 50.3 cm³/mol.